The van der Waals surface area contributed by atoms with Gasteiger partial charge in [0.05, 0.1) is 45.8 Å². The summed E-state index contributed by atoms with van der Waals surface area (Å²) in [6.45, 7) is 0. The maximum Gasteiger partial charge on any atom is 0.330 e. The van der Waals surface area contributed by atoms with Gasteiger partial charge in [0.25, 0.3) is 0 Å². The summed E-state index contributed by atoms with van der Waals surface area (Å²) < 4.78 is 21.6. The lowest BCUT2D eigenvalue weighted by Crippen LogP contribution is -2.20. The van der Waals surface area contributed by atoms with E-state index >= 15 is 0 Å². The number of methoxy groups -OCH3 is 4. The fourth-order valence-electron chi connectivity index (χ4n) is 3.78. The number of thioether (sulfide) groups is 1. The van der Waals surface area contributed by atoms with Crippen molar-refractivity contribution < 1.29 is 34.0 Å². The minimum Gasteiger partial charge on any atom is -0.496 e. The lowest BCUT2D eigenvalue weighted by Gasteiger charge is -2.20. The molecule has 0 aliphatic heterocycles. The van der Waals surface area contributed by atoms with Crippen molar-refractivity contribution >= 4 is 23.4 Å². The number of ether oxygens (including phenoxy) is 4. The second-order valence-corrected chi connectivity index (χ2v) is 8.87. The molecule has 0 fully saturated rings. The van der Waals surface area contributed by atoms with Gasteiger partial charge >= 0.3 is 5.97 Å². The number of aliphatic carboxylic acids is 1. The third kappa shape index (κ3) is 6.56. The maximum absolute atomic E-state index is 12.0. The number of carboxylic acid groups (broad SMARTS) is 1. The van der Waals surface area contributed by atoms with Crippen molar-refractivity contribution in [3.63, 3.8) is 0 Å². The van der Waals surface area contributed by atoms with Crippen molar-refractivity contribution in [1.29, 1.82) is 0 Å². The average Bonchev–Trinajstić information content (AvgIpc) is 2.91. The largest absolute Gasteiger partial charge is 0.496 e. The first kappa shape index (κ1) is 27.0. The van der Waals surface area contributed by atoms with Gasteiger partial charge in [-0.2, -0.15) is 11.8 Å². The molecule has 3 N–H and O–H groups in total. The van der Waals surface area contributed by atoms with E-state index in [4.69, 9.17) is 18.9 Å². The molecule has 0 amide bonds. The zero-order chi connectivity index (χ0) is 26.1. The summed E-state index contributed by atoms with van der Waals surface area (Å²) >= 11 is 1.52. The monoisotopic (exact) mass is 513 g/mol. The summed E-state index contributed by atoms with van der Waals surface area (Å²) in [5.74, 6) is 2.05. The van der Waals surface area contributed by atoms with Crippen LogP contribution in [-0.4, -0.2) is 50.4 Å². The lowest BCUT2D eigenvalue weighted by molar-refractivity contribution is -0.138. The molecule has 0 aliphatic carbocycles. The third-order valence-electron chi connectivity index (χ3n) is 5.57. The average molecular weight is 514 g/mol. The molecule has 8 nitrogen and oxygen atoms in total. The standard InChI is InChI=1S/C27H31NO7S/c1-32-19-13-23(34-3)25(24(14-19)35-4)21(29)16-36-15-17-10-11-22(33-2)20(12-17)28-26(27(30)31)18-8-6-5-7-9-18/h5-14,21,26,28-29H,15-16H2,1-4H3,(H,30,31). The van der Waals surface area contributed by atoms with Gasteiger partial charge in [0.1, 0.15) is 23.0 Å². The number of nitrogens with one attached hydrogen (secondary N) is 1. The molecule has 0 aromatic heterocycles. The van der Waals surface area contributed by atoms with Gasteiger partial charge in [0.2, 0.25) is 0 Å². The zero-order valence-electron chi connectivity index (χ0n) is 20.7. The predicted molar refractivity (Wildman–Crippen MR) is 141 cm³/mol. The van der Waals surface area contributed by atoms with Crippen molar-refractivity contribution in [3.05, 3.63) is 77.4 Å². The van der Waals surface area contributed by atoms with Crippen LogP contribution in [0.2, 0.25) is 0 Å². The van der Waals surface area contributed by atoms with E-state index in [1.165, 1.54) is 26.0 Å². The van der Waals surface area contributed by atoms with Crippen LogP contribution in [-0.2, 0) is 10.5 Å². The molecular weight excluding hydrogens is 482 g/mol. The summed E-state index contributed by atoms with van der Waals surface area (Å²) in [6.07, 6.45) is -0.837. The van der Waals surface area contributed by atoms with Crippen LogP contribution in [0.15, 0.2) is 60.7 Å². The van der Waals surface area contributed by atoms with Crippen molar-refractivity contribution in [2.24, 2.45) is 0 Å². The third-order valence-corrected chi connectivity index (χ3v) is 6.66. The van der Waals surface area contributed by atoms with E-state index < -0.39 is 18.1 Å². The lowest BCUT2D eigenvalue weighted by atomic mass is 10.1. The topological polar surface area (TPSA) is 106 Å². The second-order valence-electron chi connectivity index (χ2n) is 7.84. The van der Waals surface area contributed by atoms with Crippen molar-refractivity contribution in [1.82, 2.24) is 0 Å². The Kier molecular flexibility index (Phi) is 9.72. The van der Waals surface area contributed by atoms with Gasteiger partial charge in [0.15, 0.2) is 6.04 Å². The summed E-state index contributed by atoms with van der Waals surface area (Å²) in [6, 6.07) is 17.0. The molecule has 0 saturated carbocycles. The molecule has 9 heteroatoms. The molecule has 0 aliphatic rings. The SMILES string of the molecule is COc1cc(OC)c(C(O)CSCc2ccc(OC)c(NC(C(=O)O)c3ccccc3)c2)c(OC)c1. The molecule has 3 aromatic rings. The highest BCUT2D eigenvalue weighted by Gasteiger charge is 2.22. The van der Waals surface area contributed by atoms with Gasteiger partial charge in [0, 0.05) is 23.6 Å². The summed E-state index contributed by atoms with van der Waals surface area (Å²) in [5, 5.41) is 23.8. The van der Waals surface area contributed by atoms with Gasteiger partial charge in [-0.25, -0.2) is 4.79 Å². The molecule has 0 spiro atoms. The maximum atomic E-state index is 12.0. The highest BCUT2D eigenvalue weighted by molar-refractivity contribution is 7.98. The van der Waals surface area contributed by atoms with Gasteiger partial charge in [-0.1, -0.05) is 36.4 Å². The summed E-state index contributed by atoms with van der Waals surface area (Å²) in [7, 11) is 6.16. The Hall–Kier alpha value is -3.56. The zero-order valence-corrected chi connectivity index (χ0v) is 21.5. The summed E-state index contributed by atoms with van der Waals surface area (Å²) in [4.78, 5) is 12.0. The van der Waals surface area contributed by atoms with Crippen molar-refractivity contribution in [2.75, 3.05) is 39.5 Å². The van der Waals surface area contributed by atoms with Gasteiger partial charge in [-0.05, 0) is 23.3 Å². The van der Waals surface area contributed by atoms with E-state index in [1.54, 1.807) is 56.7 Å². The van der Waals surface area contributed by atoms with E-state index in [0.717, 1.165) is 5.56 Å². The first-order valence-electron chi connectivity index (χ1n) is 11.2. The smallest absolute Gasteiger partial charge is 0.330 e. The molecule has 3 aromatic carbocycles. The Morgan fingerprint density at radius 2 is 1.53 bits per heavy atom. The summed E-state index contributed by atoms with van der Waals surface area (Å²) in [5.41, 5.74) is 2.71. The quantitative estimate of drug-likeness (QED) is 0.293. The Morgan fingerprint density at radius 1 is 0.889 bits per heavy atom. The van der Waals surface area contributed by atoms with Crippen molar-refractivity contribution in [2.45, 2.75) is 17.9 Å². The molecule has 0 bridgehead atoms. The molecule has 3 rings (SSSR count). The Balaban J connectivity index is 1.74. The van der Waals surface area contributed by atoms with E-state index in [-0.39, 0.29) is 0 Å². The Labute approximate surface area is 215 Å². The minimum absolute atomic E-state index is 0.385. The minimum atomic E-state index is -0.992. The number of anilines is 1. The number of hydrogen-bond donors (Lipinski definition) is 3. The normalized spacial score (nSPS) is 12.4. The Morgan fingerprint density at radius 3 is 2.08 bits per heavy atom. The van der Waals surface area contributed by atoms with Crippen LogP contribution in [0.1, 0.15) is 28.8 Å². The van der Waals surface area contributed by atoms with E-state index in [1.807, 2.05) is 18.2 Å². The first-order chi connectivity index (χ1) is 17.4. The van der Waals surface area contributed by atoms with Crippen molar-refractivity contribution in [3.8, 4) is 23.0 Å². The molecular formula is C27H31NO7S. The van der Waals surface area contributed by atoms with Crippen LogP contribution in [0.25, 0.3) is 0 Å². The predicted octanol–water partition coefficient (Wildman–Crippen LogP) is 4.93. The molecule has 36 heavy (non-hydrogen) atoms. The van der Waals surface area contributed by atoms with Crippen LogP contribution < -0.4 is 24.3 Å². The van der Waals surface area contributed by atoms with Crippen LogP contribution >= 0.6 is 11.8 Å². The number of rotatable bonds is 13. The second kappa shape index (κ2) is 12.9. The molecule has 192 valence electrons. The molecule has 2 unspecified atom stereocenters. The van der Waals surface area contributed by atoms with Crippen LogP contribution in [0.3, 0.4) is 0 Å². The van der Waals surface area contributed by atoms with Crippen LogP contribution in [0, 0.1) is 0 Å². The molecule has 2 atom stereocenters. The number of aliphatic hydroxyl groups excluding tert-OH is 1. The fourth-order valence-corrected chi connectivity index (χ4v) is 4.70. The number of carboxylic acids is 1. The van der Waals surface area contributed by atoms with Crippen LogP contribution in [0.4, 0.5) is 5.69 Å². The molecule has 0 saturated heterocycles. The Bertz CT molecular complexity index is 1130. The van der Waals surface area contributed by atoms with E-state index in [9.17, 15) is 15.0 Å². The fraction of sp³-hybridized carbons (Fsp3) is 0.296. The van der Waals surface area contributed by atoms with Gasteiger partial charge < -0.3 is 34.5 Å². The highest BCUT2D eigenvalue weighted by atomic mass is 32.2. The number of hydrogen-bond acceptors (Lipinski definition) is 8. The van der Waals surface area contributed by atoms with E-state index in [0.29, 0.717) is 51.3 Å². The number of benzene rings is 3. The molecule has 0 heterocycles. The van der Waals surface area contributed by atoms with Gasteiger partial charge in [-0.15, -0.1) is 0 Å². The van der Waals surface area contributed by atoms with Crippen LogP contribution in [0.5, 0.6) is 23.0 Å². The van der Waals surface area contributed by atoms with Gasteiger partial charge in [-0.3, -0.25) is 0 Å². The number of carbonyl (C=O) groups is 1. The highest BCUT2D eigenvalue weighted by Crippen LogP contribution is 2.40. The molecule has 0 radical (unpaired) electrons. The first-order valence-corrected chi connectivity index (χ1v) is 12.3. The van der Waals surface area contributed by atoms with E-state index in [2.05, 4.69) is 5.32 Å². The number of aliphatic hydroxyl groups is 1.